The molecule has 0 aliphatic heterocycles. The highest BCUT2D eigenvalue weighted by molar-refractivity contribution is 5.36. The van der Waals surface area contributed by atoms with Crippen LogP contribution in [0.1, 0.15) is 106 Å². The summed E-state index contributed by atoms with van der Waals surface area (Å²) >= 11 is 0. The molecule has 0 saturated heterocycles. The summed E-state index contributed by atoms with van der Waals surface area (Å²) in [7, 11) is 0. The average molecular weight is 391 g/mol. The van der Waals surface area contributed by atoms with Gasteiger partial charge in [-0.25, -0.2) is 0 Å². The molecule has 3 aliphatic carbocycles. The third kappa shape index (κ3) is 4.84. The first kappa shape index (κ1) is 15.1. The van der Waals surface area contributed by atoms with Crippen molar-refractivity contribution in [1.82, 2.24) is 0 Å². The van der Waals surface area contributed by atoms with Crippen molar-refractivity contribution in [3.63, 3.8) is 0 Å². The van der Waals surface area contributed by atoms with Crippen LogP contribution in [0.15, 0.2) is 35.5 Å². The average Bonchev–Trinajstić information content (AvgIpc) is 2.82. The number of fused-ring (bicyclic) bond motifs is 1. The third-order valence-corrected chi connectivity index (χ3v) is 7.22. The molecule has 0 heterocycles. The van der Waals surface area contributed by atoms with Gasteiger partial charge in [-0.1, -0.05) is 76.8 Å². The normalized spacial score (nSPS) is 46.2. The van der Waals surface area contributed by atoms with Gasteiger partial charge in [-0.3, -0.25) is 0 Å². The summed E-state index contributed by atoms with van der Waals surface area (Å²) in [5.41, 5.74) is 1.52. The van der Waals surface area contributed by atoms with Crippen molar-refractivity contribution in [3.8, 4) is 0 Å². The highest BCUT2D eigenvalue weighted by Gasteiger charge is 2.50. The van der Waals surface area contributed by atoms with Crippen molar-refractivity contribution in [2.75, 3.05) is 0 Å². The zero-order chi connectivity index (χ0) is 25.7. The van der Waals surface area contributed by atoms with Crippen LogP contribution in [0.25, 0.3) is 0 Å². The SMILES string of the molecule is [2H]C1([2H])CC[C@@]2(C)[C@H](/C1=C/C=C1\C[C@@H](O)CCC1=C)C([2H])([2H])C([2H])([2H])[C@@H]2[C@H](C)CCCC(C)C. The molecule has 3 aliphatic rings. The predicted molar refractivity (Wildman–Crippen MR) is 121 cm³/mol. The lowest BCUT2D eigenvalue weighted by atomic mass is 9.60. The van der Waals surface area contributed by atoms with Gasteiger partial charge in [0.15, 0.2) is 0 Å². The second kappa shape index (κ2) is 9.33. The number of aliphatic hydroxyl groups excluding tert-OH is 1. The van der Waals surface area contributed by atoms with Gasteiger partial charge in [0.2, 0.25) is 0 Å². The van der Waals surface area contributed by atoms with E-state index in [0.717, 1.165) is 30.4 Å². The number of hydrogen-bond acceptors (Lipinski definition) is 1. The zero-order valence-corrected chi connectivity index (χ0v) is 18.4. The Bertz CT molecular complexity index is 842. The first-order valence-corrected chi connectivity index (χ1v) is 11.3. The molecule has 0 unspecified atom stereocenters. The standard InChI is InChI=1S/C27H44O/c1-19(2)8-6-9-21(4)25-15-16-26-22(10-7-17-27(25,26)5)12-13-23-18-24(28)14-11-20(23)3/h12-13,19,21,24-26,28H,3,6-11,14-18H2,1-2,4-5H3/b22-12+,23-13+/t21-,24+,25-,26+,27-/m1/s1/i10D2,15D2,16D2. The van der Waals surface area contributed by atoms with E-state index in [0.29, 0.717) is 37.2 Å². The Labute approximate surface area is 182 Å². The number of aliphatic hydroxyl groups is 1. The van der Waals surface area contributed by atoms with E-state index in [2.05, 4.69) is 27.4 Å². The van der Waals surface area contributed by atoms with Crippen molar-refractivity contribution in [2.24, 2.45) is 29.1 Å². The van der Waals surface area contributed by atoms with E-state index in [4.69, 9.17) is 8.22 Å². The summed E-state index contributed by atoms with van der Waals surface area (Å²) < 4.78 is 53.6. The molecule has 0 amide bonds. The van der Waals surface area contributed by atoms with Crippen molar-refractivity contribution < 1.29 is 13.3 Å². The van der Waals surface area contributed by atoms with Crippen molar-refractivity contribution >= 4 is 0 Å². The molecule has 3 fully saturated rings. The van der Waals surface area contributed by atoms with Crippen LogP contribution in [-0.4, -0.2) is 11.2 Å². The van der Waals surface area contributed by atoms with Crippen LogP contribution < -0.4 is 0 Å². The highest BCUT2D eigenvalue weighted by atomic mass is 16.3. The molecule has 0 radical (unpaired) electrons. The Morgan fingerprint density at radius 3 is 2.79 bits per heavy atom. The molecule has 158 valence electrons. The highest BCUT2D eigenvalue weighted by Crippen LogP contribution is 2.59. The van der Waals surface area contributed by atoms with E-state index in [1.807, 2.05) is 13.0 Å². The largest absolute Gasteiger partial charge is 0.393 e. The number of hydrogen-bond donors (Lipinski definition) is 1. The summed E-state index contributed by atoms with van der Waals surface area (Å²) in [5, 5.41) is 10.1. The molecule has 3 saturated carbocycles. The monoisotopic (exact) mass is 390 g/mol. The summed E-state index contributed by atoms with van der Waals surface area (Å²) in [6, 6.07) is 0. The Morgan fingerprint density at radius 2 is 2.04 bits per heavy atom. The molecular formula is C27H44O. The molecule has 28 heavy (non-hydrogen) atoms. The van der Waals surface area contributed by atoms with Gasteiger partial charge in [-0.05, 0) is 85.9 Å². The van der Waals surface area contributed by atoms with Gasteiger partial charge >= 0.3 is 0 Å². The van der Waals surface area contributed by atoms with E-state index in [1.165, 1.54) is 0 Å². The van der Waals surface area contributed by atoms with E-state index in [1.54, 1.807) is 6.08 Å². The maximum atomic E-state index is 10.1. The summed E-state index contributed by atoms with van der Waals surface area (Å²) in [5.74, 6) is -0.726. The van der Waals surface area contributed by atoms with Crippen LogP contribution in [0.2, 0.25) is 0 Å². The van der Waals surface area contributed by atoms with Gasteiger partial charge < -0.3 is 5.11 Å². The fourth-order valence-corrected chi connectivity index (χ4v) is 5.33. The van der Waals surface area contributed by atoms with E-state index in [-0.39, 0.29) is 12.3 Å². The first-order chi connectivity index (χ1) is 15.6. The minimum atomic E-state index is -2.18. The van der Waals surface area contributed by atoms with Crippen LogP contribution >= 0.6 is 0 Å². The lowest BCUT2D eigenvalue weighted by Crippen LogP contribution is -2.36. The molecule has 1 N–H and O–H groups in total. The quantitative estimate of drug-likeness (QED) is 0.494. The van der Waals surface area contributed by atoms with E-state index in [9.17, 15) is 5.11 Å². The fraction of sp³-hybridized carbons (Fsp3) is 0.778. The van der Waals surface area contributed by atoms with Gasteiger partial charge in [0.05, 0.1) is 6.10 Å². The molecule has 0 spiro atoms. The fourth-order valence-electron chi connectivity index (χ4n) is 5.33. The second-order valence-electron chi connectivity index (χ2n) is 10.00. The zero-order valence-electron chi connectivity index (χ0n) is 24.4. The molecule has 0 bridgehead atoms. The van der Waals surface area contributed by atoms with Crippen molar-refractivity contribution in [2.45, 2.75) is 104 Å². The van der Waals surface area contributed by atoms with Crippen molar-refractivity contribution in [3.05, 3.63) is 35.5 Å². The Kier molecular flexibility index (Phi) is 5.02. The van der Waals surface area contributed by atoms with Crippen LogP contribution in [0.4, 0.5) is 0 Å². The van der Waals surface area contributed by atoms with Gasteiger partial charge in [-0.15, -0.1) is 0 Å². The number of allylic oxidation sites excluding steroid dienone is 4. The lowest BCUT2D eigenvalue weighted by Gasteiger charge is -2.44. The molecular weight excluding hydrogens is 340 g/mol. The maximum absolute atomic E-state index is 10.1. The smallest absolute Gasteiger partial charge is 0.0583 e. The molecule has 1 heteroatoms. The molecule has 3 rings (SSSR count). The Balaban J connectivity index is 2.04. The van der Waals surface area contributed by atoms with Gasteiger partial charge in [-0.2, -0.15) is 0 Å². The van der Waals surface area contributed by atoms with Gasteiger partial charge in [0, 0.05) is 8.22 Å². The molecule has 0 aromatic carbocycles. The minimum absolute atomic E-state index is 0.00988. The van der Waals surface area contributed by atoms with Gasteiger partial charge in [0.25, 0.3) is 0 Å². The molecule has 0 aromatic rings. The summed E-state index contributed by atoms with van der Waals surface area (Å²) in [6.45, 7) is 12.5. The summed E-state index contributed by atoms with van der Waals surface area (Å²) in [6.07, 6.45) is 2.65. The molecule has 5 atom stereocenters. The Morgan fingerprint density at radius 1 is 1.25 bits per heavy atom. The van der Waals surface area contributed by atoms with Crippen LogP contribution in [0, 0.1) is 29.1 Å². The molecule has 0 aromatic heterocycles. The predicted octanol–water partition coefficient (Wildman–Crippen LogP) is 7.62. The van der Waals surface area contributed by atoms with E-state index >= 15 is 0 Å². The summed E-state index contributed by atoms with van der Waals surface area (Å²) in [4.78, 5) is 0. The molecule has 1 nitrogen and oxygen atoms in total. The van der Waals surface area contributed by atoms with Crippen LogP contribution in [0.5, 0.6) is 0 Å². The minimum Gasteiger partial charge on any atom is -0.393 e. The second-order valence-corrected chi connectivity index (χ2v) is 10.00. The maximum Gasteiger partial charge on any atom is 0.0583 e. The van der Waals surface area contributed by atoms with Crippen LogP contribution in [0.3, 0.4) is 0 Å². The first-order valence-electron chi connectivity index (χ1n) is 14.3. The topological polar surface area (TPSA) is 20.2 Å². The number of rotatable bonds is 6. The Hall–Kier alpha value is -0.820. The van der Waals surface area contributed by atoms with Crippen LogP contribution in [-0.2, 0) is 0 Å². The van der Waals surface area contributed by atoms with Crippen molar-refractivity contribution in [1.29, 1.82) is 0 Å². The lowest BCUT2D eigenvalue weighted by molar-refractivity contribution is 0.0929. The third-order valence-electron chi connectivity index (χ3n) is 7.22. The van der Waals surface area contributed by atoms with Gasteiger partial charge in [0.1, 0.15) is 0 Å². The van der Waals surface area contributed by atoms with E-state index < -0.39 is 42.5 Å².